The average molecular weight is 1050 g/mol. The van der Waals surface area contributed by atoms with E-state index in [-0.39, 0.29) is 18.6 Å². The fraction of sp³-hybridized carbons (Fsp3) is 0.571. The van der Waals surface area contributed by atoms with Crippen molar-refractivity contribution in [3.05, 3.63) is 71.8 Å². The number of esters is 8. The van der Waals surface area contributed by atoms with Crippen LogP contribution in [0, 0.1) is 0 Å². The number of carbonyl (C=O) groups excluding carboxylic acids is 9. The Bertz CT molecular complexity index is 2280. The van der Waals surface area contributed by atoms with Crippen LogP contribution in [-0.2, 0) is 107 Å². The third-order valence-electron chi connectivity index (χ3n) is 11.4. The molecule has 3 heterocycles. The van der Waals surface area contributed by atoms with Gasteiger partial charge < -0.3 is 77.1 Å². The van der Waals surface area contributed by atoms with Crippen molar-refractivity contribution in [1.29, 1.82) is 0 Å². The van der Waals surface area contributed by atoms with Crippen molar-refractivity contribution in [2.24, 2.45) is 0 Å². The summed E-state index contributed by atoms with van der Waals surface area (Å²) in [7, 11) is 0. The fourth-order valence-corrected chi connectivity index (χ4v) is 8.47. The number of ether oxygens (including phenoxy) is 13. The Morgan fingerprint density at radius 1 is 0.703 bits per heavy atom. The predicted octanol–water partition coefficient (Wildman–Crippen LogP) is 0.436. The first-order valence-electron chi connectivity index (χ1n) is 23.4. The molecule has 1 amide bonds. The van der Waals surface area contributed by atoms with Crippen LogP contribution in [0.5, 0.6) is 0 Å². The molecule has 25 nitrogen and oxygen atoms in total. The summed E-state index contributed by atoms with van der Waals surface area (Å²) in [6.45, 7) is 4.12. The van der Waals surface area contributed by atoms with Crippen LogP contribution >= 0.6 is 0 Å². The van der Waals surface area contributed by atoms with Gasteiger partial charge in [0.2, 0.25) is 5.91 Å². The summed E-state index contributed by atoms with van der Waals surface area (Å²) in [5.41, 5.74) is 0.498. The van der Waals surface area contributed by atoms with Crippen LogP contribution in [0.4, 0.5) is 0 Å². The standard InChI is InChI=1S/C49H61NO24/c1-25(52)50-39-35(66-27(3)54)20-49(48(61)65-22-32-14-10-8-11-15-32,73-43(39)41(68-29(5)56)37(67-28(4)55)23-63-26(2)53)74-44-42(69-30(6)57)38(24-64-46(60)33-16-12-9-13-17-33)72-47(45(44)70-31(7)58)71-34-18-19-62-36(21-51)40(34)59/h8-17,34-45,47,51,59H,18-24H2,1-7H3,(H,50,52)/t34-,35+,36-,37-,38-,39-,40-,41-,42+,43-,44+,45-,47-,49+/m1/s1. The molecule has 2 aromatic rings. The molecule has 3 fully saturated rings. The SMILES string of the molecule is CC(=O)N[C@H]1[C@H]([C@H](OC(C)=O)[C@@H](COC(C)=O)OC(C)=O)O[C@@](O[C@H]2[C@@H](OC(C)=O)[C@@H](COC(=O)c3ccccc3)O[C@@H](O[C@@H]3CCO[C@H](CO)[C@@H]3O)[C@@H]2OC(C)=O)(C(=O)OCc2ccccc2)C[C@@H]1OC(C)=O. The summed E-state index contributed by atoms with van der Waals surface area (Å²) in [6, 6.07) is 14.2. The Morgan fingerprint density at radius 3 is 1.91 bits per heavy atom. The summed E-state index contributed by atoms with van der Waals surface area (Å²) in [4.78, 5) is 119. The molecule has 14 atom stereocenters. The van der Waals surface area contributed by atoms with Crippen LogP contribution in [0.1, 0.15) is 77.2 Å². The first-order chi connectivity index (χ1) is 35.1. The summed E-state index contributed by atoms with van der Waals surface area (Å²) < 4.78 is 77.0. The first kappa shape index (κ1) is 58.3. The molecule has 0 spiro atoms. The molecule has 3 aliphatic rings. The molecule has 0 aromatic heterocycles. The summed E-state index contributed by atoms with van der Waals surface area (Å²) >= 11 is 0. The smallest absolute Gasteiger partial charge is 0.367 e. The van der Waals surface area contributed by atoms with Crippen molar-refractivity contribution >= 4 is 53.7 Å². The van der Waals surface area contributed by atoms with Gasteiger partial charge in [-0.1, -0.05) is 48.5 Å². The average Bonchev–Trinajstić information content (AvgIpc) is 3.33. The van der Waals surface area contributed by atoms with Crippen molar-refractivity contribution in [3.8, 4) is 0 Å². The zero-order chi connectivity index (χ0) is 54.3. The lowest BCUT2D eigenvalue weighted by atomic mass is 9.87. The monoisotopic (exact) mass is 1050 g/mol. The van der Waals surface area contributed by atoms with E-state index < -0.39 is 172 Å². The number of aliphatic hydroxyl groups excluding tert-OH is 2. The summed E-state index contributed by atoms with van der Waals surface area (Å²) in [5.74, 6) is -12.3. The molecule has 5 rings (SSSR count). The van der Waals surface area contributed by atoms with E-state index in [0.29, 0.717) is 5.56 Å². The van der Waals surface area contributed by atoms with E-state index in [2.05, 4.69) is 5.32 Å². The number of carbonyl (C=O) groups is 9. The van der Waals surface area contributed by atoms with Crippen molar-refractivity contribution in [2.75, 3.05) is 26.4 Å². The van der Waals surface area contributed by atoms with E-state index in [1.54, 1.807) is 48.5 Å². The van der Waals surface area contributed by atoms with Gasteiger partial charge in [-0.3, -0.25) is 33.6 Å². The molecule has 3 N–H and O–H groups in total. The number of amides is 1. The molecular weight excluding hydrogens is 987 g/mol. The number of hydrogen-bond donors (Lipinski definition) is 3. The Balaban J connectivity index is 1.78. The number of rotatable bonds is 21. The van der Waals surface area contributed by atoms with Gasteiger partial charge in [-0.05, 0) is 24.1 Å². The molecule has 74 heavy (non-hydrogen) atoms. The topological polar surface area (TPSA) is 326 Å². The summed E-state index contributed by atoms with van der Waals surface area (Å²) in [6.07, 6.45) is -22.2. The second kappa shape index (κ2) is 27.1. The molecule has 0 bridgehead atoms. The third kappa shape index (κ3) is 16.2. The minimum atomic E-state index is -3.08. The van der Waals surface area contributed by atoms with Gasteiger partial charge in [0.05, 0.1) is 30.7 Å². The third-order valence-corrected chi connectivity index (χ3v) is 11.4. The maximum Gasteiger partial charge on any atom is 0.367 e. The number of hydrogen-bond acceptors (Lipinski definition) is 24. The Kier molecular flexibility index (Phi) is 21.3. The van der Waals surface area contributed by atoms with Gasteiger partial charge >= 0.3 is 47.8 Å². The predicted molar refractivity (Wildman–Crippen MR) is 243 cm³/mol. The maximum absolute atomic E-state index is 15.3. The van der Waals surface area contributed by atoms with Crippen molar-refractivity contribution < 1.29 is 115 Å². The quantitative estimate of drug-likeness (QED) is 0.113. The minimum absolute atomic E-state index is 0.0413. The van der Waals surface area contributed by atoms with E-state index in [1.807, 2.05) is 0 Å². The fourth-order valence-electron chi connectivity index (χ4n) is 8.47. The van der Waals surface area contributed by atoms with Crippen molar-refractivity contribution in [3.63, 3.8) is 0 Å². The van der Waals surface area contributed by atoms with E-state index in [0.717, 1.165) is 48.5 Å². The second-order valence-corrected chi connectivity index (χ2v) is 17.3. The van der Waals surface area contributed by atoms with Gasteiger partial charge in [-0.25, -0.2) is 9.59 Å². The van der Waals surface area contributed by atoms with E-state index in [4.69, 9.17) is 61.6 Å². The van der Waals surface area contributed by atoms with Crippen LogP contribution in [0.25, 0.3) is 0 Å². The Hall–Kier alpha value is -6.61. The van der Waals surface area contributed by atoms with Crippen LogP contribution < -0.4 is 5.32 Å². The van der Waals surface area contributed by atoms with Gasteiger partial charge in [-0.2, -0.15) is 0 Å². The van der Waals surface area contributed by atoms with Crippen LogP contribution in [0.2, 0.25) is 0 Å². The van der Waals surface area contributed by atoms with Gasteiger partial charge in [0.1, 0.15) is 56.4 Å². The molecule has 0 radical (unpaired) electrons. The molecule has 406 valence electrons. The van der Waals surface area contributed by atoms with E-state index >= 15 is 4.79 Å². The van der Waals surface area contributed by atoms with Gasteiger partial charge in [-0.15, -0.1) is 0 Å². The Morgan fingerprint density at radius 2 is 1.32 bits per heavy atom. The zero-order valence-corrected chi connectivity index (χ0v) is 41.6. The van der Waals surface area contributed by atoms with Gasteiger partial charge in [0.25, 0.3) is 5.79 Å². The molecule has 3 saturated heterocycles. The van der Waals surface area contributed by atoms with Crippen LogP contribution in [0.15, 0.2) is 60.7 Å². The highest BCUT2D eigenvalue weighted by molar-refractivity contribution is 5.89. The van der Waals surface area contributed by atoms with Gasteiger partial charge in [0.15, 0.2) is 30.7 Å². The molecule has 2 aromatic carbocycles. The van der Waals surface area contributed by atoms with Crippen LogP contribution in [0.3, 0.4) is 0 Å². The molecule has 0 unspecified atom stereocenters. The Labute approximate surface area is 424 Å². The van der Waals surface area contributed by atoms with Crippen molar-refractivity contribution in [1.82, 2.24) is 5.32 Å². The highest BCUT2D eigenvalue weighted by atomic mass is 16.8. The molecule has 0 saturated carbocycles. The first-order valence-corrected chi connectivity index (χ1v) is 23.4. The number of aliphatic hydroxyl groups is 2. The molecule has 25 heteroatoms. The van der Waals surface area contributed by atoms with E-state index in [9.17, 15) is 48.6 Å². The lowest BCUT2D eigenvalue weighted by Gasteiger charge is -2.52. The molecular formula is C49H61NO24. The minimum Gasteiger partial charge on any atom is -0.462 e. The zero-order valence-electron chi connectivity index (χ0n) is 41.6. The molecule has 3 aliphatic heterocycles. The second-order valence-electron chi connectivity index (χ2n) is 17.3. The normalized spacial score (nSPS) is 28.4. The highest BCUT2D eigenvalue weighted by Crippen LogP contribution is 2.42. The maximum atomic E-state index is 15.3. The van der Waals surface area contributed by atoms with Crippen molar-refractivity contribution in [2.45, 2.75) is 153 Å². The lowest BCUT2D eigenvalue weighted by molar-refractivity contribution is -0.377. The molecule has 0 aliphatic carbocycles. The number of benzene rings is 2. The largest absolute Gasteiger partial charge is 0.462 e. The highest BCUT2D eigenvalue weighted by Gasteiger charge is 2.64. The lowest BCUT2D eigenvalue weighted by Crippen LogP contribution is -2.72. The van der Waals surface area contributed by atoms with Crippen LogP contribution in [-0.4, -0.2) is 176 Å². The summed E-state index contributed by atoms with van der Waals surface area (Å²) in [5, 5.41) is 23.8. The van der Waals surface area contributed by atoms with E-state index in [1.165, 1.54) is 12.1 Å². The van der Waals surface area contributed by atoms with Gasteiger partial charge in [0, 0.05) is 55.1 Å². The number of nitrogens with one attached hydrogen (secondary N) is 1.